The highest BCUT2D eigenvalue weighted by Crippen LogP contribution is 2.31. The van der Waals surface area contributed by atoms with E-state index < -0.39 is 23.3 Å². The standard InChI is InChI=1S/C15H14F3N3OS/c1-8-4-5-11(9(2)6-8)20-13(22)10-7-19-14(23-3)21-12(10)15(16,17)18/h4-7H,1-3H3,(H,20,22). The van der Waals surface area contributed by atoms with Crippen LogP contribution in [0.25, 0.3) is 0 Å². The van der Waals surface area contributed by atoms with E-state index in [0.717, 1.165) is 29.1 Å². The van der Waals surface area contributed by atoms with Crippen molar-refractivity contribution in [1.82, 2.24) is 9.97 Å². The fraction of sp³-hybridized carbons (Fsp3) is 0.267. The normalized spacial score (nSPS) is 11.4. The molecule has 8 heteroatoms. The van der Waals surface area contributed by atoms with E-state index in [1.54, 1.807) is 25.3 Å². The van der Waals surface area contributed by atoms with Gasteiger partial charge in [-0.3, -0.25) is 4.79 Å². The number of aromatic nitrogens is 2. The number of aryl methyl sites for hydroxylation is 2. The number of hydrogen-bond acceptors (Lipinski definition) is 4. The summed E-state index contributed by atoms with van der Waals surface area (Å²) < 4.78 is 39.3. The van der Waals surface area contributed by atoms with Gasteiger partial charge >= 0.3 is 6.18 Å². The second-order valence-corrected chi connectivity index (χ2v) is 5.66. The summed E-state index contributed by atoms with van der Waals surface area (Å²) in [5.74, 6) is -0.892. The Labute approximate surface area is 135 Å². The lowest BCUT2D eigenvalue weighted by Gasteiger charge is -2.13. The Morgan fingerprint density at radius 3 is 2.52 bits per heavy atom. The second-order valence-electron chi connectivity index (χ2n) is 4.89. The maximum absolute atomic E-state index is 13.1. The summed E-state index contributed by atoms with van der Waals surface area (Å²) >= 11 is 0.974. The number of amides is 1. The van der Waals surface area contributed by atoms with Gasteiger partial charge < -0.3 is 5.32 Å². The minimum Gasteiger partial charge on any atom is -0.322 e. The number of carbonyl (C=O) groups excluding carboxylic acids is 1. The predicted octanol–water partition coefficient (Wildman–Crippen LogP) is 4.09. The first-order valence-electron chi connectivity index (χ1n) is 6.59. The molecule has 0 unspecified atom stereocenters. The van der Waals surface area contributed by atoms with Gasteiger partial charge in [-0.2, -0.15) is 13.2 Å². The lowest BCUT2D eigenvalue weighted by molar-refractivity contribution is -0.142. The van der Waals surface area contributed by atoms with Crippen LogP contribution < -0.4 is 5.32 Å². The van der Waals surface area contributed by atoms with E-state index in [1.165, 1.54) is 0 Å². The monoisotopic (exact) mass is 341 g/mol. The average Bonchev–Trinajstić information content (AvgIpc) is 2.48. The highest BCUT2D eigenvalue weighted by Gasteiger charge is 2.38. The Morgan fingerprint density at radius 1 is 1.26 bits per heavy atom. The van der Waals surface area contributed by atoms with Crippen LogP contribution in [0.4, 0.5) is 18.9 Å². The molecule has 0 saturated heterocycles. The van der Waals surface area contributed by atoms with E-state index in [0.29, 0.717) is 5.69 Å². The molecule has 122 valence electrons. The first-order chi connectivity index (χ1) is 10.7. The van der Waals surface area contributed by atoms with Crippen LogP contribution in [0.5, 0.6) is 0 Å². The maximum Gasteiger partial charge on any atom is 0.434 e. The van der Waals surface area contributed by atoms with Gasteiger partial charge in [0.25, 0.3) is 5.91 Å². The minimum atomic E-state index is -4.73. The maximum atomic E-state index is 13.1. The van der Waals surface area contributed by atoms with Crippen LogP contribution in [0, 0.1) is 13.8 Å². The molecule has 4 nitrogen and oxygen atoms in total. The summed E-state index contributed by atoms with van der Waals surface area (Å²) in [6, 6.07) is 5.24. The Morgan fingerprint density at radius 2 is 1.96 bits per heavy atom. The average molecular weight is 341 g/mol. The summed E-state index contributed by atoms with van der Waals surface area (Å²) in [6.45, 7) is 3.65. The topological polar surface area (TPSA) is 54.9 Å². The van der Waals surface area contributed by atoms with Crippen LogP contribution in [-0.2, 0) is 6.18 Å². The summed E-state index contributed by atoms with van der Waals surface area (Å²) in [7, 11) is 0. The fourth-order valence-electron chi connectivity index (χ4n) is 1.99. The number of rotatable bonds is 3. The van der Waals surface area contributed by atoms with Gasteiger partial charge in [0.2, 0.25) is 0 Å². The zero-order valence-electron chi connectivity index (χ0n) is 12.7. The van der Waals surface area contributed by atoms with E-state index in [-0.39, 0.29) is 5.16 Å². The molecule has 1 heterocycles. The predicted molar refractivity (Wildman–Crippen MR) is 82.7 cm³/mol. The van der Waals surface area contributed by atoms with Gasteiger partial charge in [-0.15, -0.1) is 0 Å². The summed E-state index contributed by atoms with van der Waals surface area (Å²) in [5.41, 5.74) is 0.356. The molecule has 0 aliphatic heterocycles. The third kappa shape index (κ3) is 4.01. The number of benzene rings is 1. The molecule has 0 spiro atoms. The molecule has 0 radical (unpaired) electrons. The molecule has 0 aliphatic rings. The van der Waals surface area contributed by atoms with E-state index in [1.807, 2.05) is 13.0 Å². The van der Waals surface area contributed by atoms with Crippen molar-refractivity contribution in [2.75, 3.05) is 11.6 Å². The van der Waals surface area contributed by atoms with Gasteiger partial charge in [0, 0.05) is 11.9 Å². The first-order valence-corrected chi connectivity index (χ1v) is 7.81. The van der Waals surface area contributed by atoms with Gasteiger partial charge in [-0.05, 0) is 31.7 Å². The van der Waals surface area contributed by atoms with Gasteiger partial charge in [0.15, 0.2) is 10.9 Å². The van der Waals surface area contributed by atoms with Crippen molar-refractivity contribution in [2.24, 2.45) is 0 Å². The van der Waals surface area contributed by atoms with E-state index in [2.05, 4.69) is 15.3 Å². The number of nitrogens with one attached hydrogen (secondary N) is 1. The van der Waals surface area contributed by atoms with Crippen LogP contribution >= 0.6 is 11.8 Å². The van der Waals surface area contributed by atoms with Crippen molar-refractivity contribution in [3.05, 3.63) is 46.8 Å². The van der Waals surface area contributed by atoms with Crippen molar-refractivity contribution < 1.29 is 18.0 Å². The van der Waals surface area contributed by atoms with Crippen molar-refractivity contribution in [1.29, 1.82) is 0 Å². The summed E-state index contributed by atoms with van der Waals surface area (Å²) in [6.07, 6.45) is -2.27. The van der Waals surface area contributed by atoms with Gasteiger partial charge in [-0.25, -0.2) is 9.97 Å². The molecule has 0 fully saturated rings. The first kappa shape index (κ1) is 17.3. The lowest BCUT2D eigenvalue weighted by atomic mass is 10.1. The van der Waals surface area contributed by atoms with Crippen LogP contribution in [0.2, 0.25) is 0 Å². The summed E-state index contributed by atoms with van der Waals surface area (Å²) in [4.78, 5) is 19.4. The quantitative estimate of drug-likeness (QED) is 0.675. The number of anilines is 1. The molecule has 0 aliphatic carbocycles. The molecule has 23 heavy (non-hydrogen) atoms. The van der Waals surface area contributed by atoms with Crippen molar-refractivity contribution >= 4 is 23.4 Å². The number of nitrogens with zero attached hydrogens (tertiary/aromatic N) is 2. The molecule has 2 aromatic rings. The van der Waals surface area contributed by atoms with E-state index in [4.69, 9.17) is 0 Å². The third-order valence-electron chi connectivity index (χ3n) is 3.09. The zero-order valence-corrected chi connectivity index (χ0v) is 13.5. The Balaban J connectivity index is 2.39. The molecule has 1 aromatic heterocycles. The Bertz CT molecular complexity index is 747. The van der Waals surface area contributed by atoms with Crippen molar-refractivity contribution in [3.63, 3.8) is 0 Å². The van der Waals surface area contributed by atoms with Gasteiger partial charge in [0.1, 0.15) is 0 Å². The third-order valence-corrected chi connectivity index (χ3v) is 3.65. The van der Waals surface area contributed by atoms with Crippen LogP contribution in [0.15, 0.2) is 29.6 Å². The number of alkyl halides is 3. The van der Waals surface area contributed by atoms with Gasteiger partial charge in [-0.1, -0.05) is 29.5 Å². The zero-order chi connectivity index (χ0) is 17.2. The number of carbonyl (C=O) groups is 1. The molecule has 1 amide bonds. The number of thioether (sulfide) groups is 1. The SMILES string of the molecule is CSc1ncc(C(=O)Nc2ccc(C)cc2C)c(C(F)(F)F)n1. The smallest absolute Gasteiger partial charge is 0.322 e. The molecule has 0 saturated carbocycles. The second kappa shape index (κ2) is 6.57. The molecule has 2 rings (SSSR count). The van der Waals surface area contributed by atoms with E-state index in [9.17, 15) is 18.0 Å². The molecule has 0 atom stereocenters. The fourth-order valence-corrected chi connectivity index (χ4v) is 2.33. The lowest BCUT2D eigenvalue weighted by Crippen LogP contribution is -2.21. The number of halogens is 3. The highest BCUT2D eigenvalue weighted by molar-refractivity contribution is 7.98. The molecular formula is C15H14F3N3OS. The largest absolute Gasteiger partial charge is 0.434 e. The van der Waals surface area contributed by atoms with Crippen LogP contribution in [0.3, 0.4) is 0 Å². The van der Waals surface area contributed by atoms with Crippen LogP contribution in [-0.4, -0.2) is 22.1 Å². The Kier molecular flexibility index (Phi) is 4.93. The molecular weight excluding hydrogens is 327 g/mol. The van der Waals surface area contributed by atoms with E-state index >= 15 is 0 Å². The molecule has 1 aromatic carbocycles. The van der Waals surface area contributed by atoms with Crippen molar-refractivity contribution in [2.45, 2.75) is 25.2 Å². The number of hydrogen-bond donors (Lipinski definition) is 1. The van der Waals surface area contributed by atoms with Gasteiger partial charge in [0.05, 0.1) is 5.56 Å². The summed E-state index contributed by atoms with van der Waals surface area (Å²) in [5, 5.41) is 2.44. The minimum absolute atomic E-state index is 0.0413. The van der Waals surface area contributed by atoms with Crippen molar-refractivity contribution in [3.8, 4) is 0 Å². The highest BCUT2D eigenvalue weighted by atomic mass is 32.2. The Hall–Kier alpha value is -2.09. The molecule has 1 N–H and O–H groups in total. The van der Waals surface area contributed by atoms with Crippen LogP contribution in [0.1, 0.15) is 27.2 Å². The molecule has 0 bridgehead atoms.